The molecular weight excluding hydrogens is 418 g/mol. The highest BCUT2D eigenvalue weighted by Crippen LogP contribution is 2.50. The van der Waals surface area contributed by atoms with Gasteiger partial charge in [0.1, 0.15) is 11.4 Å². The van der Waals surface area contributed by atoms with E-state index in [9.17, 15) is 14.2 Å². The van der Waals surface area contributed by atoms with Gasteiger partial charge in [0, 0.05) is 20.8 Å². The maximum atomic E-state index is 13.8. The molecule has 6 nitrogen and oxygen atoms in total. The Hall–Kier alpha value is -2.07. The number of hydrogen-bond acceptors (Lipinski definition) is 5. The molecule has 0 aromatic heterocycles. The lowest BCUT2D eigenvalue weighted by atomic mass is 9.80. The Labute approximate surface area is 184 Å². The van der Waals surface area contributed by atoms with E-state index in [1.807, 2.05) is 25.1 Å². The van der Waals surface area contributed by atoms with Gasteiger partial charge in [0.2, 0.25) is 0 Å². The molecule has 0 bridgehead atoms. The highest BCUT2D eigenvalue weighted by atomic mass is 31.2. The topological polar surface area (TPSA) is 71.8 Å². The van der Waals surface area contributed by atoms with Crippen LogP contribution in [0.5, 0.6) is 0 Å². The van der Waals surface area contributed by atoms with E-state index in [-0.39, 0.29) is 5.83 Å². The fourth-order valence-electron chi connectivity index (χ4n) is 3.81. The first kappa shape index (κ1) is 25.2. The van der Waals surface area contributed by atoms with E-state index < -0.39 is 13.3 Å². The third-order valence-electron chi connectivity index (χ3n) is 5.51. The van der Waals surface area contributed by atoms with Crippen molar-refractivity contribution >= 4 is 7.75 Å². The number of nitrogens with zero attached hydrogens (tertiary/aromatic N) is 2. The third-order valence-corrected chi connectivity index (χ3v) is 7.47. The lowest BCUT2D eigenvalue weighted by Crippen LogP contribution is -2.29. The molecule has 0 N–H and O–H groups in total. The molecule has 1 heterocycles. The van der Waals surface area contributed by atoms with Crippen LogP contribution < -0.4 is 0 Å². The maximum absolute atomic E-state index is 13.8. The Bertz CT molecular complexity index is 959. The molecule has 0 spiro atoms. The fraction of sp³-hybridized carbons (Fsp3) is 0.435. The quantitative estimate of drug-likeness (QED) is 0.334. The van der Waals surface area contributed by atoms with Crippen LogP contribution in [-0.4, -0.2) is 32.5 Å². The second-order valence-corrected chi connectivity index (χ2v) is 9.52. The van der Waals surface area contributed by atoms with Crippen molar-refractivity contribution in [1.29, 1.82) is 5.26 Å². The molecule has 1 aromatic carbocycles. The monoisotopic (exact) mass is 448 g/mol. The number of hydrogen-bond donors (Lipinski definition) is 0. The van der Waals surface area contributed by atoms with Crippen LogP contribution in [-0.2, 0) is 30.6 Å². The number of ether oxygens (including phenoxy) is 1. The summed E-state index contributed by atoms with van der Waals surface area (Å²) in [6.45, 7) is 4.32. The molecule has 0 aliphatic carbocycles. The van der Waals surface area contributed by atoms with Crippen LogP contribution in [0.2, 0.25) is 0 Å². The van der Waals surface area contributed by atoms with Gasteiger partial charge < -0.3 is 4.74 Å². The van der Waals surface area contributed by atoms with Gasteiger partial charge in [-0.25, -0.2) is 13.6 Å². The normalized spacial score (nSPS) is 19.8. The molecule has 0 saturated carbocycles. The zero-order chi connectivity index (χ0) is 23.1. The molecule has 31 heavy (non-hydrogen) atoms. The van der Waals surface area contributed by atoms with E-state index in [1.165, 1.54) is 26.4 Å². The summed E-state index contributed by atoms with van der Waals surface area (Å²) in [5.41, 5.74) is 2.47. The predicted molar refractivity (Wildman–Crippen MR) is 119 cm³/mol. The number of rotatable bonds is 10. The minimum atomic E-state index is -3.32. The molecular formula is C23H30FN2O4P. The van der Waals surface area contributed by atoms with Crippen LogP contribution in [0.1, 0.15) is 43.4 Å². The number of allylic oxidation sites excluding steroid dienone is 4. The van der Waals surface area contributed by atoms with Crippen LogP contribution in [0.25, 0.3) is 0 Å². The van der Waals surface area contributed by atoms with Gasteiger partial charge in [-0.1, -0.05) is 24.3 Å². The van der Waals surface area contributed by atoms with Gasteiger partial charge in [-0.05, 0) is 68.6 Å². The Morgan fingerprint density at radius 2 is 2.03 bits per heavy atom. The smallest absolute Gasteiger partial charge is 0.361 e. The summed E-state index contributed by atoms with van der Waals surface area (Å²) in [5.74, 6) is -0.339. The van der Waals surface area contributed by atoms with Crippen molar-refractivity contribution in [2.75, 3.05) is 27.8 Å². The largest absolute Gasteiger partial charge is 0.407 e. The molecule has 1 atom stereocenters. The zero-order valence-electron chi connectivity index (χ0n) is 18.7. The molecule has 0 saturated heterocycles. The molecule has 0 amide bonds. The summed E-state index contributed by atoms with van der Waals surface area (Å²) in [7, 11) is 1.06. The van der Waals surface area contributed by atoms with Gasteiger partial charge in [0.05, 0.1) is 18.2 Å². The van der Waals surface area contributed by atoms with Crippen molar-refractivity contribution in [3.8, 4) is 6.07 Å². The van der Waals surface area contributed by atoms with Crippen LogP contribution in [0, 0.1) is 11.3 Å². The Morgan fingerprint density at radius 3 is 2.61 bits per heavy atom. The van der Waals surface area contributed by atoms with Crippen molar-refractivity contribution in [3.63, 3.8) is 0 Å². The van der Waals surface area contributed by atoms with E-state index in [2.05, 4.69) is 6.07 Å². The van der Waals surface area contributed by atoms with Gasteiger partial charge in [-0.15, -0.1) is 0 Å². The zero-order valence-corrected chi connectivity index (χ0v) is 19.6. The molecule has 0 radical (unpaired) electrons. The van der Waals surface area contributed by atoms with Gasteiger partial charge >= 0.3 is 7.75 Å². The average Bonchev–Trinajstić information content (AvgIpc) is 3.17. The van der Waals surface area contributed by atoms with Crippen LogP contribution >= 0.6 is 7.75 Å². The summed E-state index contributed by atoms with van der Waals surface area (Å²) in [6, 6.07) is 7.66. The Balaban J connectivity index is 2.39. The van der Waals surface area contributed by atoms with Crippen LogP contribution in [0.4, 0.5) is 4.39 Å². The number of fused-ring (bicyclic) bond motifs is 1. The van der Waals surface area contributed by atoms with E-state index in [0.29, 0.717) is 31.6 Å². The van der Waals surface area contributed by atoms with Crippen LogP contribution in [0.3, 0.4) is 0 Å². The predicted octanol–water partition coefficient (Wildman–Crippen LogP) is 5.77. The first-order chi connectivity index (χ1) is 14.8. The Morgan fingerprint density at radius 1 is 1.32 bits per heavy atom. The summed E-state index contributed by atoms with van der Waals surface area (Å²) in [6.07, 6.45) is 7.61. The number of nitriles is 1. The standard InChI is InChI=1S/C23H30FN2O4P/c1-6-20(10-11-21(24)7-2)23(13-8-14-26(3)31(27,28-4)29-5)22-12-9-18(16-25)15-19(22)17-30-23/h6-7,9-12,15H,8,13-14,17H2,1-5H3/b11-10-,20-6+,21-7+. The molecule has 1 aromatic rings. The highest BCUT2D eigenvalue weighted by Gasteiger charge is 2.42. The van der Waals surface area contributed by atoms with Crippen molar-refractivity contribution in [2.45, 2.75) is 38.9 Å². The van der Waals surface area contributed by atoms with Crippen molar-refractivity contribution < 1.29 is 22.7 Å². The minimum Gasteiger partial charge on any atom is -0.361 e. The summed E-state index contributed by atoms with van der Waals surface area (Å²) in [4.78, 5) is 0. The van der Waals surface area contributed by atoms with Gasteiger partial charge in [0.15, 0.2) is 0 Å². The maximum Gasteiger partial charge on any atom is 0.407 e. The summed E-state index contributed by atoms with van der Waals surface area (Å²) < 4.78 is 44.4. The van der Waals surface area contributed by atoms with Crippen molar-refractivity contribution in [1.82, 2.24) is 4.67 Å². The second-order valence-electron chi connectivity index (χ2n) is 7.17. The highest BCUT2D eigenvalue weighted by molar-refractivity contribution is 7.51. The van der Waals surface area contributed by atoms with Crippen molar-refractivity contribution in [3.05, 3.63) is 70.6 Å². The second kappa shape index (κ2) is 11.0. The lowest BCUT2D eigenvalue weighted by molar-refractivity contribution is -0.0144. The molecule has 8 heteroatoms. The molecule has 1 unspecified atom stereocenters. The summed E-state index contributed by atoms with van der Waals surface area (Å²) >= 11 is 0. The van der Waals surface area contributed by atoms with E-state index in [1.54, 1.807) is 30.8 Å². The van der Waals surface area contributed by atoms with E-state index >= 15 is 0 Å². The number of halogens is 1. The van der Waals surface area contributed by atoms with E-state index in [4.69, 9.17) is 13.8 Å². The van der Waals surface area contributed by atoms with Crippen LogP contribution in [0.15, 0.2) is 53.9 Å². The lowest BCUT2D eigenvalue weighted by Gasteiger charge is -2.32. The minimum absolute atomic E-state index is 0.339. The average molecular weight is 448 g/mol. The molecule has 1 aliphatic heterocycles. The summed E-state index contributed by atoms with van der Waals surface area (Å²) in [5, 5.41) is 9.24. The molecule has 2 rings (SSSR count). The van der Waals surface area contributed by atoms with Gasteiger partial charge in [-0.2, -0.15) is 5.26 Å². The molecule has 1 aliphatic rings. The molecule has 168 valence electrons. The first-order valence-corrected chi connectivity index (χ1v) is 11.6. The van der Waals surface area contributed by atoms with Gasteiger partial charge in [-0.3, -0.25) is 9.05 Å². The molecule has 0 fully saturated rings. The fourth-order valence-corrected chi connectivity index (χ4v) is 4.90. The van der Waals surface area contributed by atoms with E-state index in [0.717, 1.165) is 16.7 Å². The first-order valence-electron chi connectivity index (χ1n) is 10.1. The van der Waals surface area contributed by atoms with Gasteiger partial charge in [0.25, 0.3) is 0 Å². The third kappa shape index (κ3) is 5.41. The van der Waals surface area contributed by atoms with Crippen molar-refractivity contribution in [2.24, 2.45) is 0 Å². The SMILES string of the molecule is C\C=C(F)/C=C\C(=C/C)C1(CCCN(C)P(=O)(OC)OC)OCc2cc(C#N)ccc21. The Kier molecular flexibility index (Phi) is 8.93. The number of benzene rings is 1.